The third-order valence-electron chi connectivity index (χ3n) is 4.13. The van der Waals surface area contributed by atoms with E-state index >= 15 is 0 Å². The van der Waals surface area contributed by atoms with Crippen molar-refractivity contribution in [1.82, 2.24) is 14.8 Å². The van der Waals surface area contributed by atoms with Crippen LogP contribution in [0.1, 0.15) is 6.92 Å². The lowest BCUT2D eigenvalue weighted by atomic mass is 10.2. The standard InChI is InChI=1S/C19H18ClN5O4S/c1-3-24-18(12-4-6-13(20)7-5-12)22-23-19(24)30-11-17(26)21-14-8-9-15(25(27)28)16(10-14)29-2/h4-10H,3,11H2,1-2H3,(H,21,26). The van der Waals surface area contributed by atoms with Crippen LogP contribution in [0.4, 0.5) is 11.4 Å². The number of aromatic nitrogens is 3. The SMILES string of the molecule is CCn1c(SCC(=O)Nc2ccc([N+](=O)[O-])c(OC)c2)nnc1-c1ccc(Cl)cc1. The van der Waals surface area contributed by atoms with E-state index in [1.54, 1.807) is 12.1 Å². The Bertz CT molecular complexity index is 1070. The summed E-state index contributed by atoms with van der Waals surface area (Å²) in [7, 11) is 1.33. The summed E-state index contributed by atoms with van der Waals surface area (Å²) in [5.41, 5.74) is 1.11. The number of nitro benzene ring substituents is 1. The number of nitrogens with zero attached hydrogens (tertiary/aromatic N) is 4. The van der Waals surface area contributed by atoms with Crippen molar-refractivity contribution in [2.45, 2.75) is 18.6 Å². The molecule has 0 saturated carbocycles. The fraction of sp³-hybridized carbons (Fsp3) is 0.211. The highest BCUT2D eigenvalue weighted by atomic mass is 35.5. The van der Waals surface area contributed by atoms with Gasteiger partial charge in [-0.3, -0.25) is 14.9 Å². The zero-order valence-electron chi connectivity index (χ0n) is 16.2. The number of carbonyl (C=O) groups excluding carboxylic acids is 1. The van der Waals surface area contributed by atoms with E-state index in [1.165, 1.54) is 37.1 Å². The number of halogens is 1. The number of methoxy groups -OCH3 is 1. The largest absolute Gasteiger partial charge is 0.490 e. The fourth-order valence-corrected chi connectivity index (χ4v) is 3.65. The summed E-state index contributed by atoms with van der Waals surface area (Å²) in [6.45, 7) is 2.60. The first-order valence-electron chi connectivity index (χ1n) is 8.87. The van der Waals surface area contributed by atoms with Crippen molar-refractivity contribution in [3.63, 3.8) is 0 Å². The minimum atomic E-state index is -0.546. The number of benzene rings is 2. The van der Waals surface area contributed by atoms with Gasteiger partial charge in [-0.25, -0.2) is 0 Å². The average molecular weight is 448 g/mol. The number of hydrogen-bond acceptors (Lipinski definition) is 7. The molecule has 0 bridgehead atoms. The molecule has 0 fully saturated rings. The molecular weight excluding hydrogens is 430 g/mol. The summed E-state index contributed by atoms with van der Waals surface area (Å²) < 4.78 is 6.93. The zero-order valence-corrected chi connectivity index (χ0v) is 17.7. The Kier molecular flexibility index (Phi) is 6.91. The normalized spacial score (nSPS) is 10.6. The predicted molar refractivity (Wildman–Crippen MR) is 115 cm³/mol. The van der Waals surface area contributed by atoms with E-state index in [0.29, 0.717) is 28.2 Å². The van der Waals surface area contributed by atoms with Crippen LogP contribution >= 0.6 is 23.4 Å². The first-order valence-corrected chi connectivity index (χ1v) is 10.2. The molecule has 1 aromatic heterocycles. The van der Waals surface area contributed by atoms with Crippen LogP contribution in [0.15, 0.2) is 47.6 Å². The molecule has 0 unspecified atom stereocenters. The monoisotopic (exact) mass is 447 g/mol. The van der Waals surface area contributed by atoms with Crippen molar-refractivity contribution in [2.24, 2.45) is 0 Å². The lowest BCUT2D eigenvalue weighted by Crippen LogP contribution is -2.14. The van der Waals surface area contributed by atoms with Gasteiger partial charge in [-0.2, -0.15) is 0 Å². The summed E-state index contributed by atoms with van der Waals surface area (Å²) in [5, 5.41) is 23.3. The van der Waals surface area contributed by atoms with Crippen molar-refractivity contribution >= 4 is 40.6 Å². The number of amides is 1. The van der Waals surface area contributed by atoms with Gasteiger partial charge in [-0.05, 0) is 37.3 Å². The number of anilines is 1. The van der Waals surface area contributed by atoms with Gasteiger partial charge in [-0.15, -0.1) is 10.2 Å². The van der Waals surface area contributed by atoms with Gasteiger partial charge >= 0.3 is 5.69 Å². The fourth-order valence-electron chi connectivity index (χ4n) is 2.73. The van der Waals surface area contributed by atoms with Crippen LogP contribution in [0, 0.1) is 10.1 Å². The molecule has 1 N–H and O–H groups in total. The van der Waals surface area contributed by atoms with Crippen LogP contribution < -0.4 is 10.1 Å². The van der Waals surface area contributed by atoms with Crippen LogP contribution in [-0.4, -0.2) is 38.5 Å². The second-order valence-corrected chi connectivity index (χ2v) is 7.42. The van der Waals surface area contributed by atoms with Crippen molar-refractivity contribution in [2.75, 3.05) is 18.2 Å². The van der Waals surface area contributed by atoms with Gasteiger partial charge in [0.25, 0.3) is 0 Å². The lowest BCUT2D eigenvalue weighted by molar-refractivity contribution is -0.385. The second kappa shape index (κ2) is 9.59. The molecule has 2 aromatic carbocycles. The van der Waals surface area contributed by atoms with Crippen molar-refractivity contribution in [3.8, 4) is 17.1 Å². The number of carbonyl (C=O) groups is 1. The van der Waals surface area contributed by atoms with E-state index in [1.807, 2.05) is 23.6 Å². The quantitative estimate of drug-likeness (QED) is 0.311. The van der Waals surface area contributed by atoms with Gasteiger partial charge in [0.2, 0.25) is 5.91 Å². The molecule has 156 valence electrons. The van der Waals surface area contributed by atoms with Gasteiger partial charge in [0.05, 0.1) is 17.8 Å². The summed E-state index contributed by atoms with van der Waals surface area (Å²) >= 11 is 7.19. The van der Waals surface area contributed by atoms with Gasteiger partial charge in [0.1, 0.15) is 0 Å². The number of ether oxygens (including phenoxy) is 1. The van der Waals surface area contributed by atoms with E-state index in [4.69, 9.17) is 16.3 Å². The molecule has 30 heavy (non-hydrogen) atoms. The van der Waals surface area contributed by atoms with Crippen LogP contribution in [-0.2, 0) is 11.3 Å². The third-order valence-corrected chi connectivity index (χ3v) is 5.35. The minimum absolute atomic E-state index is 0.0729. The van der Waals surface area contributed by atoms with E-state index in [9.17, 15) is 14.9 Å². The highest BCUT2D eigenvalue weighted by molar-refractivity contribution is 7.99. The molecule has 3 aromatic rings. The molecule has 0 saturated heterocycles. The Morgan fingerprint density at radius 3 is 2.63 bits per heavy atom. The predicted octanol–water partition coefficient (Wildman–Crippen LogP) is 4.27. The van der Waals surface area contributed by atoms with Gasteiger partial charge in [-0.1, -0.05) is 23.4 Å². The van der Waals surface area contributed by atoms with Gasteiger partial charge < -0.3 is 14.6 Å². The van der Waals surface area contributed by atoms with E-state index < -0.39 is 4.92 Å². The average Bonchev–Trinajstić information content (AvgIpc) is 3.15. The maximum absolute atomic E-state index is 12.3. The molecule has 0 aliphatic carbocycles. The number of hydrogen-bond donors (Lipinski definition) is 1. The molecule has 3 rings (SSSR count). The number of nitrogens with one attached hydrogen (secondary N) is 1. The van der Waals surface area contributed by atoms with Gasteiger partial charge in [0.15, 0.2) is 16.7 Å². The topological polar surface area (TPSA) is 112 Å². The number of thioether (sulfide) groups is 1. The van der Waals surface area contributed by atoms with Gasteiger partial charge in [0, 0.05) is 35.0 Å². The number of nitro groups is 1. The summed E-state index contributed by atoms with van der Waals surface area (Å²) in [6, 6.07) is 11.4. The minimum Gasteiger partial charge on any atom is -0.490 e. The van der Waals surface area contributed by atoms with Crippen LogP contribution in [0.3, 0.4) is 0 Å². The smallest absolute Gasteiger partial charge is 0.311 e. The summed E-state index contributed by atoms with van der Waals surface area (Å²) in [4.78, 5) is 22.8. The molecule has 1 amide bonds. The molecule has 0 atom stereocenters. The Labute approximate surface area is 181 Å². The molecular formula is C19H18ClN5O4S. The van der Waals surface area contributed by atoms with Crippen molar-refractivity contribution < 1.29 is 14.5 Å². The molecule has 0 aliphatic heterocycles. The van der Waals surface area contributed by atoms with Crippen molar-refractivity contribution in [1.29, 1.82) is 0 Å². The maximum atomic E-state index is 12.3. The first-order chi connectivity index (χ1) is 14.4. The Hall–Kier alpha value is -3.11. The highest BCUT2D eigenvalue weighted by Crippen LogP contribution is 2.30. The lowest BCUT2D eigenvalue weighted by Gasteiger charge is -2.09. The Morgan fingerprint density at radius 2 is 2.00 bits per heavy atom. The van der Waals surface area contributed by atoms with E-state index in [0.717, 1.165) is 5.56 Å². The van der Waals surface area contributed by atoms with Crippen molar-refractivity contribution in [3.05, 3.63) is 57.6 Å². The number of rotatable bonds is 8. The highest BCUT2D eigenvalue weighted by Gasteiger charge is 2.17. The second-order valence-electron chi connectivity index (χ2n) is 6.04. The molecule has 0 aliphatic rings. The molecule has 1 heterocycles. The molecule has 0 spiro atoms. The Balaban J connectivity index is 1.68. The third kappa shape index (κ3) is 4.89. The van der Waals surface area contributed by atoms with Crippen LogP contribution in [0.25, 0.3) is 11.4 Å². The van der Waals surface area contributed by atoms with E-state index in [-0.39, 0.29) is 23.1 Å². The zero-order chi connectivity index (χ0) is 21.7. The van der Waals surface area contributed by atoms with Crippen LogP contribution in [0.5, 0.6) is 5.75 Å². The maximum Gasteiger partial charge on any atom is 0.311 e. The summed E-state index contributed by atoms with van der Waals surface area (Å²) in [5.74, 6) is 0.577. The molecule has 9 nitrogen and oxygen atoms in total. The first kappa shape index (κ1) is 21.6. The van der Waals surface area contributed by atoms with Crippen LogP contribution in [0.2, 0.25) is 5.02 Å². The molecule has 11 heteroatoms. The molecule has 0 radical (unpaired) electrons. The Morgan fingerprint density at radius 1 is 1.27 bits per heavy atom. The summed E-state index contributed by atoms with van der Waals surface area (Å²) in [6.07, 6.45) is 0. The van der Waals surface area contributed by atoms with E-state index in [2.05, 4.69) is 15.5 Å².